The molecule has 0 heterocycles. The summed E-state index contributed by atoms with van der Waals surface area (Å²) in [5, 5.41) is 0. The van der Waals surface area contributed by atoms with Crippen molar-refractivity contribution in [3.05, 3.63) is 61.4 Å². The summed E-state index contributed by atoms with van der Waals surface area (Å²) in [5.74, 6) is 4.85. The van der Waals surface area contributed by atoms with Crippen molar-refractivity contribution in [1.82, 2.24) is 0 Å². The minimum absolute atomic E-state index is 0. The molecule has 4 saturated carbocycles. The number of hydrogen-bond donors (Lipinski definition) is 0. The van der Waals surface area contributed by atoms with Crippen molar-refractivity contribution >= 4 is 0 Å². The van der Waals surface area contributed by atoms with E-state index in [1.165, 1.54) is 64.2 Å². The van der Waals surface area contributed by atoms with E-state index in [9.17, 15) is 0 Å². The second kappa shape index (κ2) is 10.3. The molecule has 0 spiro atoms. The molecule has 8 atom stereocenters. The van der Waals surface area contributed by atoms with Gasteiger partial charge >= 0.3 is 21.7 Å². The van der Waals surface area contributed by atoms with E-state index >= 15 is 0 Å². The summed E-state index contributed by atoms with van der Waals surface area (Å²) in [6.07, 6.45) is 39.6. The Hall–Kier alpha value is 0.254. The first-order valence-electron chi connectivity index (χ1n) is 12.2. The largest absolute Gasteiger partial charge is 4.00 e. The Bertz CT molecular complexity index is 677. The molecule has 31 heavy (non-hydrogen) atoms. The summed E-state index contributed by atoms with van der Waals surface area (Å²) < 4.78 is 0. The maximum absolute atomic E-state index is 2.85. The summed E-state index contributed by atoms with van der Waals surface area (Å²) in [6, 6.07) is 0. The van der Waals surface area contributed by atoms with Crippen LogP contribution < -0.4 is 24.8 Å². The summed E-state index contributed by atoms with van der Waals surface area (Å²) in [4.78, 5) is 0. The molecule has 0 saturated heterocycles. The molecule has 0 aliphatic heterocycles. The van der Waals surface area contributed by atoms with Crippen molar-refractivity contribution in [2.75, 3.05) is 0 Å². The Morgan fingerprint density at radius 2 is 1.03 bits per heavy atom. The zero-order chi connectivity index (χ0) is 18.6. The van der Waals surface area contributed by atoms with E-state index in [1.54, 1.807) is 0 Å². The second-order valence-electron chi connectivity index (χ2n) is 10.9. The molecule has 8 unspecified atom stereocenters. The van der Waals surface area contributed by atoms with Gasteiger partial charge in [0.1, 0.15) is 0 Å². The van der Waals surface area contributed by atoms with E-state index in [0.29, 0.717) is 22.7 Å². The molecular formula is C28H36Cl2Ti. The molecule has 3 heteroatoms. The van der Waals surface area contributed by atoms with Gasteiger partial charge in [0.05, 0.1) is 0 Å². The quantitative estimate of drug-likeness (QED) is 0.413. The van der Waals surface area contributed by atoms with E-state index in [0.717, 1.165) is 23.7 Å². The molecule has 0 N–H and O–H groups in total. The van der Waals surface area contributed by atoms with Gasteiger partial charge in [-0.25, -0.2) is 0 Å². The van der Waals surface area contributed by atoms with E-state index in [2.05, 4.69) is 61.4 Å². The standard InChI is InChI=1S/C28H36.2ClH.Ti/c1-3-11-23-21(9-1)19-27(15-7-5-13-25(23)27)17-18-28-16-8-6-14-26(28)24-12-4-2-10-22(24)20-28;;;/h1-4,9-12,19-26H,5-8,13-18H2;2*1H;/q-2;;;+4/p-2. The number of allylic oxidation sites excluding steroid dienone is 8. The van der Waals surface area contributed by atoms with Crippen LogP contribution in [0.4, 0.5) is 0 Å². The van der Waals surface area contributed by atoms with Crippen LogP contribution in [0, 0.1) is 59.2 Å². The van der Waals surface area contributed by atoms with Crippen LogP contribution in [-0.4, -0.2) is 0 Å². The Kier molecular flexibility index (Phi) is 8.56. The van der Waals surface area contributed by atoms with Crippen LogP contribution in [-0.2, 0) is 21.7 Å². The molecular weight excluding hydrogens is 455 g/mol. The summed E-state index contributed by atoms with van der Waals surface area (Å²) in [7, 11) is 0. The first kappa shape index (κ1) is 25.9. The Morgan fingerprint density at radius 1 is 0.613 bits per heavy atom. The predicted molar refractivity (Wildman–Crippen MR) is 117 cm³/mol. The van der Waals surface area contributed by atoms with Gasteiger partial charge in [0.15, 0.2) is 0 Å². The van der Waals surface area contributed by atoms with Crippen LogP contribution in [0.2, 0.25) is 0 Å². The maximum atomic E-state index is 2.85. The van der Waals surface area contributed by atoms with Gasteiger partial charge in [-0.3, -0.25) is 0 Å². The van der Waals surface area contributed by atoms with Gasteiger partial charge in [-0.1, -0.05) is 113 Å². The zero-order valence-corrected chi connectivity index (χ0v) is 21.6. The van der Waals surface area contributed by atoms with Crippen molar-refractivity contribution < 1.29 is 46.5 Å². The van der Waals surface area contributed by atoms with Gasteiger partial charge in [0.2, 0.25) is 0 Å². The second-order valence-corrected chi connectivity index (χ2v) is 10.9. The monoisotopic (exact) mass is 490 g/mol. The maximum Gasteiger partial charge on any atom is 4.00 e. The zero-order valence-electron chi connectivity index (χ0n) is 18.6. The fourth-order valence-electron chi connectivity index (χ4n) is 8.59. The summed E-state index contributed by atoms with van der Waals surface area (Å²) >= 11 is 0. The molecule has 4 fully saturated rings. The molecule has 0 aromatic carbocycles. The van der Waals surface area contributed by atoms with Gasteiger partial charge in [-0.15, -0.1) is 24.0 Å². The molecule has 0 radical (unpaired) electrons. The van der Waals surface area contributed by atoms with Gasteiger partial charge < -0.3 is 37.7 Å². The van der Waals surface area contributed by atoms with E-state index in [-0.39, 0.29) is 46.5 Å². The normalized spacial score (nSPS) is 45.9. The minimum atomic E-state index is 0. The molecule has 0 amide bonds. The molecule has 0 bridgehead atoms. The van der Waals surface area contributed by atoms with Gasteiger partial charge in [-0.05, 0) is 11.8 Å². The average Bonchev–Trinajstić information content (AvgIpc) is 3.26. The molecule has 0 nitrogen and oxygen atoms in total. The van der Waals surface area contributed by atoms with Gasteiger partial charge in [-0.2, -0.15) is 10.8 Å². The molecule has 6 rings (SSSR count). The first-order chi connectivity index (χ1) is 13.8. The van der Waals surface area contributed by atoms with Gasteiger partial charge in [0, 0.05) is 0 Å². The fraction of sp³-hybridized carbons (Fsp3) is 0.643. The van der Waals surface area contributed by atoms with Crippen molar-refractivity contribution in [3.8, 4) is 0 Å². The average molecular weight is 491 g/mol. The number of hydrogen-bond acceptors (Lipinski definition) is 0. The summed E-state index contributed by atoms with van der Waals surface area (Å²) in [5.41, 5.74) is 1.05. The smallest absolute Gasteiger partial charge is 1.00 e. The van der Waals surface area contributed by atoms with Crippen molar-refractivity contribution in [1.29, 1.82) is 0 Å². The number of rotatable bonds is 3. The third kappa shape index (κ3) is 4.26. The SMILES string of the molecule is C1=CC2[CH-]C3(CCC45[CH-]C6C=CC=CC6C4CCCC5)CCCCC3C2C=C1.[Cl-].[Cl-].[Ti+4]. The molecule has 0 aromatic heterocycles. The number of fused-ring (bicyclic) bond motifs is 6. The fourth-order valence-corrected chi connectivity index (χ4v) is 8.59. The Labute approximate surface area is 217 Å². The van der Waals surface area contributed by atoms with Crippen molar-refractivity contribution in [2.45, 2.75) is 64.2 Å². The number of halogens is 2. The van der Waals surface area contributed by atoms with Crippen LogP contribution in [0.1, 0.15) is 64.2 Å². The third-order valence-corrected chi connectivity index (χ3v) is 9.77. The first-order valence-corrected chi connectivity index (χ1v) is 12.2. The topological polar surface area (TPSA) is 0 Å². The van der Waals surface area contributed by atoms with Crippen LogP contribution in [0.15, 0.2) is 48.6 Å². The van der Waals surface area contributed by atoms with E-state index < -0.39 is 0 Å². The minimum Gasteiger partial charge on any atom is -1.00 e. The summed E-state index contributed by atoms with van der Waals surface area (Å²) in [6.45, 7) is 0. The molecule has 6 aliphatic carbocycles. The van der Waals surface area contributed by atoms with Crippen molar-refractivity contribution in [2.24, 2.45) is 46.3 Å². The van der Waals surface area contributed by atoms with Crippen LogP contribution >= 0.6 is 0 Å². The van der Waals surface area contributed by atoms with Crippen molar-refractivity contribution in [3.63, 3.8) is 0 Å². The molecule has 6 aliphatic rings. The third-order valence-electron chi connectivity index (χ3n) is 9.77. The predicted octanol–water partition coefficient (Wildman–Crippen LogP) is 1.28. The molecule has 0 aromatic rings. The van der Waals surface area contributed by atoms with Crippen LogP contribution in [0.5, 0.6) is 0 Å². The van der Waals surface area contributed by atoms with E-state index in [1.807, 2.05) is 0 Å². The van der Waals surface area contributed by atoms with Gasteiger partial charge in [0.25, 0.3) is 0 Å². The Balaban J connectivity index is 0.000000907. The van der Waals surface area contributed by atoms with E-state index in [4.69, 9.17) is 0 Å². The molecule has 166 valence electrons. The Morgan fingerprint density at radius 3 is 1.48 bits per heavy atom. The van der Waals surface area contributed by atoms with Crippen LogP contribution in [0.3, 0.4) is 0 Å². The van der Waals surface area contributed by atoms with Crippen LogP contribution in [0.25, 0.3) is 0 Å².